The molecule has 0 saturated carbocycles. The summed E-state index contributed by atoms with van der Waals surface area (Å²) in [6, 6.07) is 16.2. The molecule has 0 bridgehead atoms. The van der Waals surface area contributed by atoms with Crippen molar-refractivity contribution in [3.63, 3.8) is 0 Å². The maximum absolute atomic E-state index is 12.6. The van der Waals surface area contributed by atoms with Gasteiger partial charge >= 0.3 is 0 Å². The van der Waals surface area contributed by atoms with Gasteiger partial charge in [0.2, 0.25) is 5.91 Å². The number of halogens is 1. The molecule has 0 radical (unpaired) electrons. The molecular formula is C25H33ClN2O2. The Labute approximate surface area is 185 Å². The maximum atomic E-state index is 12.6. The van der Waals surface area contributed by atoms with Gasteiger partial charge in [0.15, 0.2) is 0 Å². The summed E-state index contributed by atoms with van der Waals surface area (Å²) in [4.78, 5) is 15.0. The summed E-state index contributed by atoms with van der Waals surface area (Å²) >= 11 is 6.30. The third-order valence-corrected chi connectivity index (χ3v) is 5.83. The maximum Gasteiger partial charge on any atom is 0.224 e. The molecule has 162 valence electrons. The van der Waals surface area contributed by atoms with Crippen LogP contribution in [0.25, 0.3) is 0 Å². The van der Waals surface area contributed by atoms with Crippen molar-refractivity contribution in [2.24, 2.45) is 5.92 Å². The van der Waals surface area contributed by atoms with E-state index in [2.05, 4.69) is 28.4 Å². The number of ether oxygens (including phenoxy) is 1. The third kappa shape index (κ3) is 7.03. The molecule has 1 fully saturated rings. The molecule has 1 atom stereocenters. The van der Waals surface area contributed by atoms with Crippen LogP contribution in [0.2, 0.25) is 5.02 Å². The molecule has 1 N–H and O–H groups in total. The summed E-state index contributed by atoms with van der Waals surface area (Å²) in [5.41, 5.74) is 2.40. The minimum Gasteiger partial charge on any atom is -0.491 e. The molecular weight excluding hydrogens is 396 g/mol. The number of hydrogen-bond donors (Lipinski definition) is 1. The van der Waals surface area contributed by atoms with E-state index in [4.69, 9.17) is 16.3 Å². The molecule has 4 nitrogen and oxygen atoms in total. The highest BCUT2D eigenvalue weighted by Crippen LogP contribution is 2.22. The Kier molecular flexibility index (Phi) is 8.59. The molecule has 2 aromatic carbocycles. The molecule has 30 heavy (non-hydrogen) atoms. The van der Waals surface area contributed by atoms with Gasteiger partial charge in [-0.3, -0.25) is 9.69 Å². The van der Waals surface area contributed by atoms with E-state index >= 15 is 0 Å². The number of nitrogens with one attached hydrogen (secondary N) is 1. The molecule has 1 aliphatic heterocycles. The highest BCUT2D eigenvalue weighted by atomic mass is 35.5. The number of carbonyl (C=O) groups excluding carboxylic acids is 1. The second-order valence-electron chi connectivity index (χ2n) is 8.37. The fourth-order valence-corrected chi connectivity index (χ4v) is 4.13. The molecule has 1 unspecified atom stereocenters. The van der Waals surface area contributed by atoms with E-state index in [0.29, 0.717) is 6.54 Å². The third-order valence-electron chi connectivity index (χ3n) is 5.46. The number of benzene rings is 2. The second kappa shape index (κ2) is 11.4. The van der Waals surface area contributed by atoms with Crippen LogP contribution in [0.5, 0.6) is 5.75 Å². The molecule has 1 amide bonds. The van der Waals surface area contributed by atoms with Crippen LogP contribution >= 0.6 is 11.6 Å². The second-order valence-corrected chi connectivity index (χ2v) is 8.78. The fraction of sp³-hybridized carbons (Fsp3) is 0.480. The summed E-state index contributed by atoms with van der Waals surface area (Å²) in [5, 5.41) is 3.94. The lowest BCUT2D eigenvalue weighted by molar-refractivity contribution is -0.126. The summed E-state index contributed by atoms with van der Waals surface area (Å²) in [6.07, 6.45) is 4.08. The first-order chi connectivity index (χ1) is 14.5. The number of aryl methyl sites for hydroxylation is 1. The summed E-state index contributed by atoms with van der Waals surface area (Å²) < 4.78 is 5.68. The number of nitrogens with zero attached hydrogens (tertiary/aromatic N) is 1. The molecule has 5 heteroatoms. The minimum absolute atomic E-state index is 0.0636. The van der Waals surface area contributed by atoms with Crippen LogP contribution in [-0.4, -0.2) is 36.5 Å². The van der Waals surface area contributed by atoms with Crippen LogP contribution in [0.4, 0.5) is 0 Å². The van der Waals surface area contributed by atoms with Gasteiger partial charge in [0.05, 0.1) is 12.0 Å². The van der Waals surface area contributed by atoms with Gasteiger partial charge in [-0.1, -0.05) is 41.9 Å². The number of carbonyl (C=O) groups is 1. The van der Waals surface area contributed by atoms with Gasteiger partial charge in [0, 0.05) is 24.7 Å². The van der Waals surface area contributed by atoms with Gasteiger partial charge in [0.1, 0.15) is 5.75 Å². The van der Waals surface area contributed by atoms with Crippen molar-refractivity contribution in [3.05, 3.63) is 64.7 Å². The topological polar surface area (TPSA) is 41.6 Å². The molecule has 0 spiro atoms. The van der Waals surface area contributed by atoms with Gasteiger partial charge in [0.25, 0.3) is 0 Å². The molecule has 0 aromatic heterocycles. The zero-order valence-electron chi connectivity index (χ0n) is 18.1. The quantitative estimate of drug-likeness (QED) is 0.565. The molecule has 0 aliphatic carbocycles. The van der Waals surface area contributed by atoms with Gasteiger partial charge in [-0.25, -0.2) is 0 Å². The highest BCUT2D eigenvalue weighted by Gasteiger charge is 2.25. The number of amides is 1. The summed E-state index contributed by atoms with van der Waals surface area (Å²) in [6.45, 7) is 7.39. The van der Waals surface area contributed by atoms with Crippen LogP contribution in [0, 0.1) is 5.92 Å². The predicted octanol–water partition coefficient (Wildman–Crippen LogP) is 5.09. The van der Waals surface area contributed by atoms with E-state index in [0.717, 1.165) is 61.7 Å². The predicted molar refractivity (Wildman–Crippen MR) is 123 cm³/mol. The van der Waals surface area contributed by atoms with Crippen LogP contribution in [0.15, 0.2) is 48.5 Å². The van der Waals surface area contributed by atoms with E-state index in [1.807, 2.05) is 44.2 Å². The van der Waals surface area contributed by atoms with Gasteiger partial charge < -0.3 is 10.1 Å². The molecule has 2 aromatic rings. The van der Waals surface area contributed by atoms with Crippen molar-refractivity contribution in [1.29, 1.82) is 0 Å². The molecule has 3 rings (SSSR count). The summed E-state index contributed by atoms with van der Waals surface area (Å²) in [5.74, 6) is 1.15. The minimum atomic E-state index is 0.0636. The van der Waals surface area contributed by atoms with Crippen molar-refractivity contribution in [2.75, 3.05) is 19.6 Å². The lowest BCUT2D eigenvalue weighted by atomic mass is 9.96. The van der Waals surface area contributed by atoms with Crippen LogP contribution < -0.4 is 10.1 Å². The van der Waals surface area contributed by atoms with Crippen LogP contribution in [0.1, 0.15) is 44.2 Å². The lowest BCUT2D eigenvalue weighted by Crippen LogP contribution is -2.43. The summed E-state index contributed by atoms with van der Waals surface area (Å²) in [7, 11) is 0. The Morgan fingerprint density at radius 2 is 1.97 bits per heavy atom. The Morgan fingerprint density at radius 3 is 2.70 bits per heavy atom. The van der Waals surface area contributed by atoms with Gasteiger partial charge in [-0.05, 0) is 75.4 Å². The molecule has 1 heterocycles. The largest absolute Gasteiger partial charge is 0.491 e. The van der Waals surface area contributed by atoms with E-state index in [-0.39, 0.29) is 17.9 Å². The van der Waals surface area contributed by atoms with Crippen molar-refractivity contribution >= 4 is 17.5 Å². The number of likely N-dealkylation sites (tertiary alicyclic amines) is 1. The van der Waals surface area contributed by atoms with E-state index in [9.17, 15) is 4.79 Å². The lowest BCUT2D eigenvalue weighted by Gasteiger charge is -2.32. The number of piperidine rings is 1. The van der Waals surface area contributed by atoms with Crippen molar-refractivity contribution in [2.45, 2.75) is 52.2 Å². The standard InChI is InChI=1S/C25H33ClN2O2/c1-19(2)30-23-13-11-20(12-14-23)7-5-15-27-25(29)22-9-6-16-28(18-22)17-21-8-3-4-10-24(21)26/h3-4,8,10-14,19,22H,5-7,9,15-18H2,1-2H3,(H,27,29). The Balaban J connectivity index is 1.38. The zero-order valence-corrected chi connectivity index (χ0v) is 18.8. The van der Waals surface area contributed by atoms with Crippen molar-refractivity contribution in [1.82, 2.24) is 10.2 Å². The Bertz CT molecular complexity index is 807. The zero-order chi connectivity index (χ0) is 21.3. The molecule has 1 aliphatic rings. The SMILES string of the molecule is CC(C)Oc1ccc(CCCNC(=O)C2CCCN(Cc3ccccc3Cl)C2)cc1. The van der Waals surface area contributed by atoms with E-state index < -0.39 is 0 Å². The average Bonchev–Trinajstić information content (AvgIpc) is 2.74. The van der Waals surface area contributed by atoms with Crippen LogP contribution in [-0.2, 0) is 17.8 Å². The normalized spacial score (nSPS) is 17.1. The Morgan fingerprint density at radius 1 is 1.20 bits per heavy atom. The number of rotatable bonds is 9. The smallest absolute Gasteiger partial charge is 0.224 e. The highest BCUT2D eigenvalue weighted by molar-refractivity contribution is 6.31. The molecule has 1 saturated heterocycles. The first-order valence-electron chi connectivity index (χ1n) is 11.0. The number of hydrogen-bond acceptors (Lipinski definition) is 3. The Hall–Kier alpha value is -2.04. The van der Waals surface area contributed by atoms with Crippen molar-refractivity contribution in [3.8, 4) is 5.75 Å². The van der Waals surface area contributed by atoms with Gasteiger partial charge in [-0.15, -0.1) is 0 Å². The van der Waals surface area contributed by atoms with Gasteiger partial charge in [-0.2, -0.15) is 0 Å². The van der Waals surface area contributed by atoms with Crippen LogP contribution in [0.3, 0.4) is 0 Å². The average molecular weight is 429 g/mol. The van der Waals surface area contributed by atoms with E-state index in [1.54, 1.807) is 0 Å². The first kappa shape index (κ1) is 22.6. The monoisotopic (exact) mass is 428 g/mol. The van der Waals surface area contributed by atoms with Crippen molar-refractivity contribution < 1.29 is 9.53 Å². The first-order valence-corrected chi connectivity index (χ1v) is 11.4. The fourth-order valence-electron chi connectivity index (χ4n) is 3.94. The van der Waals surface area contributed by atoms with E-state index in [1.165, 1.54) is 5.56 Å².